The second-order valence-corrected chi connectivity index (χ2v) is 7.54. The van der Waals surface area contributed by atoms with Crippen molar-refractivity contribution >= 4 is 5.91 Å². The number of nitrogens with zero attached hydrogens (tertiary/aromatic N) is 1. The van der Waals surface area contributed by atoms with Gasteiger partial charge in [0.05, 0.1) is 6.42 Å². The fourth-order valence-corrected chi connectivity index (χ4v) is 4.02. The van der Waals surface area contributed by atoms with Gasteiger partial charge >= 0.3 is 0 Å². The van der Waals surface area contributed by atoms with Crippen molar-refractivity contribution in [1.29, 1.82) is 0 Å². The van der Waals surface area contributed by atoms with Gasteiger partial charge in [-0.05, 0) is 48.9 Å². The Kier molecular flexibility index (Phi) is 7.46. The molecule has 1 amide bonds. The molecule has 3 heteroatoms. The summed E-state index contributed by atoms with van der Waals surface area (Å²) < 4.78 is 0. The molecule has 1 saturated heterocycles. The molecule has 0 spiro atoms. The zero-order chi connectivity index (χ0) is 18.9. The lowest BCUT2D eigenvalue weighted by atomic mass is 10.00. The van der Waals surface area contributed by atoms with Crippen LogP contribution in [0.25, 0.3) is 11.1 Å². The predicted molar refractivity (Wildman–Crippen MR) is 113 cm³/mol. The van der Waals surface area contributed by atoms with Crippen LogP contribution in [0.1, 0.15) is 44.6 Å². The number of hydrogen-bond acceptors (Lipinski definition) is 2. The van der Waals surface area contributed by atoms with Gasteiger partial charge in [-0.15, -0.1) is 0 Å². The van der Waals surface area contributed by atoms with Crippen LogP contribution < -0.4 is 5.32 Å². The molecule has 0 bridgehead atoms. The van der Waals surface area contributed by atoms with Gasteiger partial charge in [0.1, 0.15) is 0 Å². The summed E-state index contributed by atoms with van der Waals surface area (Å²) in [6.45, 7) is 5.38. The molecule has 1 N–H and O–H groups in total. The van der Waals surface area contributed by atoms with E-state index in [2.05, 4.69) is 53.5 Å². The molecule has 1 aliphatic heterocycles. The molecular weight excluding hydrogens is 332 g/mol. The summed E-state index contributed by atoms with van der Waals surface area (Å²) in [4.78, 5) is 14.8. The highest BCUT2D eigenvalue weighted by atomic mass is 16.1. The maximum atomic E-state index is 12.2. The summed E-state index contributed by atoms with van der Waals surface area (Å²) in [6.07, 6.45) is 6.76. The van der Waals surface area contributed by atoms with E-state index >= 15 is 0 Å². The smallest absolute Gasteiger partial charge is 0.224 e. The van der Waals surface area contributed by atoms with Gasteiger partial charge in [0.15, 0.2) is 0 Å². The van der Waals surface area contributed by atoms with Gasteiger partial charge in [0, 0.05) is 19.1 Å². The van der Waals surface area contributed by atoms with Gasteiger partial charge in [-0.1, -0.05) is 67.9 Å². The number of likely N-dealkylation sites (tertiary alicyclic amines) is 1. The van der Waals surface area contributed by atoms with Crippen LogP contribution in [0.2, 0.25) is 0 Å². The van der Waals surface area contributed by atoms with Gasteiger partial charge < -0.3 is 10.2 Å². The van der Waals surface area contributed by atoms with Gasteiger partial charge in [-0.25, -0.2) is 0 Å². The Morgan fingerprint density at radius 1 is 1.04 bits per heavy atom. The molecule has 0 unspecified atom stereocenters. The first-order chi connectivity index (χ1) is 13.3. The lowest BCUT2D eigenvalue weighted by molar-refractivity contribution is -0.120. The number of rotatable bonds is 8. The van der Waals surface area contributed by atoms with E-state index in [1.165, 1.54) is 43.4 Å². The van der Waals surface area contributed by atoms with Crippen LogP contribution in [0.5, 0.6) is 0 Å². The van der Waals surface area contributed by atoms with Crippen LogP contribution >= 0.6 is 0 Å². The van der Waals surface area contributed by atoms with Crippen molar-refractivity contribution in [1.82, 2.24) is 10.2 Å². The quantitative estimate of drug-likeness (QED) is 0.691. The minimum absolute atomic E-state index is 0.119. The third-order valence-corrected chi connectivity index (χ3v) is 5.59. The monoisotopic (exact) mass is 364 g/mol. The molecule has 1 atom stereocenters. The molecule has 2 aromatic carbocycles. The third-order valence-electron chi connectivity index (χ3n) is 5.59. The van der Waals surface area contributed by atoms with Crippen molar-refractivity contribution in [2.24, 2.45) is 0 Å². The van der Waals surface area contributed by atoms with E-state index in [1.807, 2.05) is 18.2 Å². The molecule has 0 aliphatic carbocycles. The maximum Gasteiger partial charge on any atom is 0.224 e. The van der Waals surface area contributed by atoms with Crippen molar-refractivity contribution in [3.05, 3.63) is 60.2 Å². The topological polar surface area (TPSA) is 32.3 Å². The summed E-state index contributed by atoms with van der Waals surface area (Å²) in [7, 11) is 0. The van der Waals surface area contributed by atoms with Crippen molar-refractivity contribution in [3.63, 3.8) is 0 Å². The summed E-state index contributed by atoms with van der Waals surface area (Å²) in [6, 6.07) is 19.4. The van der Waals surface area contributed by atoms with Gasteiger partial charge in [-0.2, -0.15) is 0 Å². The Labute approximate surface area is 163 Å². The second-order valence-electron chi connectivity index (χ2n) is 7.54. The molecule has 0 saturated carbocycles. The summed E-state index contributed by atoms with van der Waals surface area (Å²) in [5.41, 5.74) is 3.46. The summed E-state index contributed by atoms with van der Waals surface area (Å²) in [5.74, 6) is 0.119. The normalized spacial score (nSPS) is 17.6. The van der Waals surface area contributed by atoms with Gasteiger partial charge in [0.2, 0.25) is 5.91 Å². The third kappa shape index (κ3) is 5.93. The molecule has 1 fully saturated rings. The second kappa shape index (κ2) is 10.3. The molecule has 1 aliphatic rings. The highest BCUT2D eigenvalue weighted by Crippen LogP contribution is 2.20. The lowest BCUT2D eigenvalue weighted by Gasteiger charge is -2.35. The Balaban J connectivity index is 1.39. The largest absolute Gasteiger partial charge is 0.356 e. The van der Waals surface area contributed by atoms with Crippen LogP contribution in [0, 0.1) is 0 Å². The minimum atomic E-state index is 0.119. The fraction of sp³-hybridized carbons (Fsp3) is 0.458. The van der Waals surface area contributed by atoms with Crippen molar-refractivity contribution in [2.75, 3.05) is 19.6 Å². The first kappa shape index (κ1) is 19.6. The Hall–Kier alpha value is -2.13. The van der Waals surface area contributed by atoms with Crippen LogP contribution in [0.3, 0.4) is 0 Å². The van der Waals surface area contributed by atoms with E-state index in [9.17, 15) is 4.79 Å². The minimum Gasteiger partial charge on any atom is -0.356 e. The van der Waals surface area contributed by atoms with E-state index in [0.29, 0.717) is 6.42 Å². The number of benzene rings is 2. The maximum absolute atomic E-state index is 12.2. The van der Waals surface area contributed by atoms with Crippen LogP contribution in [0.4, 0.5) is 0 Å². The Morgan fingerprint density at radius 2 is 1.78 bits per heavy atom. The molecule has 0 radical (unpaired) electrons. The zero-order valence-corrected chi connectivity index (χ0v) is 16.5. The first-order valence-corrected chi connectivity index (χ1v) is 10.4. The number of piperidine rings is 1. The van der Waals surface area contributed by atoms with Gasteiger partial charge in [-0.3, -0.25) is 4.79 Å². The molecular formula is C24H32N2O. The van der Waals surface area contributed by atoms with E-state index in [0.717, 1.165) is 31.1 Å². The van der Waals surface area contributed by atoms with Crippen molar-refractivity contribution in [3.8, 4) is 11.1 Å². The van der Waals surface area contributed by atoms with Gasteiger partial charge in [0.25, 0.3) is 0 Å². The predicted octanol–water partition coefficient (Wildman–Crippen LogP) is 4.67. The number of amides is 1. The van der Waals surface area contributed by atoms with Crippen LogP contribution in [-0.4, -0.2) is 36.5 Å². The van der Waals surface area contributed by atoms with E-state index in [-0.39, 0.29) is 5.91 Å². The summed E-state index contributed by atoms with van der Waals surface area (Å²) >= 11 is 0. The van der Waals surface area contributed by atoms with E-state index in [1.54, 1.807) is 0 Å². The fourth-order valence-electron chi connectivity index (χ4n) is 4.02. The SMILES string of the molecule is CC[C@H]1CCCCN1CCCNC(=O)Cc1ccc(-c2ccccc2)cc1. The van der Waals surface area contributed by atoms with E-state index in [4.69, 9.17) is 0 Å². The zero-order valence-electron chi connectivity index (χ0n) is 16.5. The van der Waals surface area contributed by atoms with Crippen LogP contribution in [-0.2, 0) is 11.2 Å². The lowest BCUT2D eigenvalue weighted by Crippen LogP contribution is -2.40. The standard InChI is InChI=1S/C24H32N2O/c1-2-23-11-6-7-17-26(23)18-8-16-25-24(27)19-20-12-14-22(15-13-20)21-9-4-3-5-10-21/h3-5,9-10,12-15,23H,2,6-8,11,16-19H2,1H3,(H,25,27)/t23-/m0/s1. The number of nitrogens with one attached hydrogen (secondary N) is 1. The highest BCUT2D eigenvalue weighted by molar-refractivity contribution is 5.78. The van der Waals surface area contributed by atoms with Crippen LogP contribution in [0.15, 0.2) is 54.6 Å². The Morgan fingerprint density at radius 3 is 2.52 bits per heavy atom. The van der Waals surface area contributed by atoms with Crippen molar-refractivity contribution in [2.45, 2.75) is 51.5 Å². The molecule has 144 valence electrons. The summed E-state index contributed by atoms with van der Waals surface area (Å²) in [5, 5.41) is 3.08. The number of carbonyl (C=O) groups is 1. The molecule has 3 nitrogen and oxygen atoms in total. The number of carbonyl (C=O) groups excluding carboxylic acids is 1. The molecule has 1 heterocycles. The molecule has 27 heavy (non-hydrogen) atoms. The first-order valence-electron chi connectivity index (χ1n) is 10.4. The average Bonchev–Trinajstić information content (AvgIpc) is 2.73. The average molecular weight is 365 g/mol. The molecule has 0 aromatic heterocycles. The van der Waals surface area contributed by atoms with Crippen molar-refractivity contribution < 1.29 is 4.79 Å². The number of hydrogen-bond donors (Lipinski definition) is 1. The Bertz CT molecular complexity index is 696. The molecule has 3 rings (SSSR count). The van der Waals surface area contributed by atoms with E-state index < -0.39 is 0 Å². The highest BCUT2D eigenvalue weighted by Gasteiger charge is 2.19. The molecule has 2 aromatic rings.